The lowest BCUT2D eigenvalue weighted by molar-refractivity contribution is -0.119. The van der Waals surface area contributed by atoms with Crippen LogP contribution in [0.2, 0.25) is 0 Å². The number of nitrogens with one attached hydrogen (secondary N) is 3. The van der Waals surface area contributed by atoms with E-state index in [2.05, 4.69) is 20.9 Å². The molecule has 1 aromatic carbocycles. The standard InChI is InChI=1S/C18H30N4O2/c1-5-11-20-17(23)13-22-18(19-6-2)21-12-15(4)24-16-10-8-7-9-14(16)3/h7-10,15H,5-6,11-13H2,1-4H3,(H,20,23)(H2,19,21,22). The lowest BCUT2D eigenvalue weighted by Crippen LogP contribution is -2.42. The van der Waals surface area contributed by atoms with Gasteiger partial charge in [0, 0.05) is 13.1 Å². The number of aliphatic imine (C=N–C) groups is 1. The minimum absolute atomic E-state index is 0.0242. The number of benzene rings is 1. The number of guanidine groups is 1. The Kier molecular flexibility index (Phi) is 9.34. The monoisotopic (exact) mass is 334 g/mol. The number of nitrogens with zero attached hydrogens (tertiary/aromatic N) is 1. The van der Waals surface area contributed by atoms with Crippen LogP contribution in [-0.2, 0) is 4.79 Å². The average Bonchev–Trinajstić information content (AvgIpc) is 2.57. The molecule has 6 heteroatoms. The number of carbonyl (C=O) groups is 1. The fourth-order valence-corrected chi connectivity index (χ4v) is 2.00. The number of aryl methyl sites for hydroxylation is 1. The van der Waals surface area contributed by atoms with Gasteiger partial charge in [-0.2, -0.15) is 0 Å². The van der Waals surface area contributed by atoms with Gasteiger partial charge in [0.15, 0.2) is 5.96 Å². The lowest BCUT2D eigenvalue weighted by atomic mass is 10.2. The molecule has 24 heavy (non-hydrogen) atoms. The van der Waals surface area contributed by atoms with Crippen molar-refractivity contribution in [2.45, 2.75) is 40.2 Å². The van der Waals surface area contributed by atoms with Gasteiger partial charge >= 0.3 is 0 Å². The zero-order valence-corrected chi connectivity index (χ0v) is 15.2. The molecule has 0 aliphatic heterocycles. The van der Waals surface area contributed by atoms with E-state index >= 15 is 0 Å². The second kappa shape index (κ2) is 11.3. The Bertz CT molecular complexity index is 532. The number of hydrogen-bond acceptors (Lipinski definition) is 3. The molecular weight excluding hydrogens is 304 g/mol. The molecule has 0 spiro atoms. The molecule has 0 aliphatic carbocycles. The minimum atomic E-state index is -0.0711. The van der Waals surface area contributed by atoms with Crippen LogP contribution < -0.4 is 20.7 Å². The summed E-state index contributed by atoms with van der Waals surface area (Å²) in [6, 6.07) is 7.94. The van der Waals surface area contributed by atoms with E-state index in [1.54, 1.807) is 0 Å². The summed E-state index contributed by atoms with van der Waals surface area (Å²) in [5.74, 6) is 1.43. The highest BCUT2D eigenvalue weighted by atomic mass is 16.5. The van der Waals surface area contributed by atoms with Crippen molar-refractivity contribution in [3.8, 4) is 5.75 Å². The molecule has 3 N–H and O–H groups in total. The predicted molar refractivity (Wildman–Crippen MR) is 98.6 cm³/mol. The zero-order chi connectivity index (χ0) is 17.8. The fraction of sp³-hybridized carbons (Fsp3) is 0.556. The largest absolute Gasteiger partial charge is 0.489 e. The molecule has 6 nitrogen and oxygen atoms in total. The fourth-order valence-electron chi connectivity index (χ4n) is 2.00. The van der Waals surface area contributed by atoms with Crippen molar-refractivity contribution < 1.29 is 9.53 Å². The van der Waals surface area contributed by atoms with Gasteiger partial charge in [-0.25, -0.2) is 4.99 Å². The zero-order valence-electron chi connectivity index (χ0n) is 15.2. The summed E-state index contributed by atoms with van der Waals surface area (Å²) in [6.45, 7) is 10.1. The lowest BCUT2D eigenvalue weighted by Gasteiger charge is -2.18. The minimum Gasteiger partial charge on any atom is -0.489 e. The van der Waals surface area contributed by atoms with Crippen molar-refractivity contribution in [3.05, 3.63) is 29.8 Å². The van der Waals surface area contributed by atoms with Crippen LogP contribution in [-0.4, -0.2) is 44.1 Å². The van der Waals surface area contributed by atoms with Crippen molar-refractivity contribution in [2.75, 3.05) is 26.2 Å². The second-order valence-electron chi connectivity index (χ2n) is 5.62. The summed E-state index contributed by atoms with van der Waals surface area (Å²) in [5, 5.41) is 9.14. The maximum absolute atomic E-state index is 11.6. The molecule has 0 aliphatic rings. The highest BCUT2D eigenvalue weighted by Gasteiger charge is 2.08. The average molecular weight is 334 g/mol. The molecule has 1 amide bonds. The molecule has 1 unspecified atom stereocenters. The molecule has 134 valence electrons. The molecule has 0 heterocycles. The maximum Gasteiger partial charge on any atom is 0.241 e. The Morgan fingerprint density at radius 2 is 1.96 bits per heavy atom. The molecular formula is C18H30N4O2. The Hall–Kier alpha value is -2.24. The number of hydrogen-bond donors (Lipinski definition) is 3. The first kappa shape index (κ1) is 19.8. The van der Waals surface area contributed by atoms with Gasteiger partial charge in [-0.1, -0.05) is 25.1 Å². The molecule has 1 atom stereocenters. The Morgan fingerprint density at radius 3 is 2.62 bits per heavy atom. The van der Waals surface area contributed by atoms with E-state index < -0.39 is 0 Å². The van der Waals surface area contributed by atoms with E-state index in [-0.39, 0.29) is 18.6 Å². The first-order valence-electron chi connectivity index (χ1n) is 8.58. The Labute approximate surface area is 145 Å². The van der Waals surface area contributed by atoms with Crippen LogP contribution in [0, 0.1) is 6.92 Å². The van der Waals surface area contributed by atoms with Crippen molar-refractivity contribution in [1.29, 1.82) is 0 Å². The molecule has 1 aromatic rings. The highest BCUT2D eigenvalue weighted by molar-refractivity contribution is 5.84. The van der Waals surface area contributed by atoms with Gasteiger partial charge in [0.25, 0.3) is 0 Å². The summed E-state index contributed by atoms with van der Waals surface area (Å²) in [5.41, 5.74) is 1.11. The third kappa shape index (κ3) is 7.85. The van der Waals surface area contributed by atoms with Crippen molar-refractivity contribution in [3.63, 3.8) is 0 Å². The third-order valence-corrected chi connectivity index (χ3v) is 3.28. The van der Waals surface area contributed by atoms with Crippen LogP contribution in [0.5, 0.6) is 5.75 Å². The summed E-state index contributed by atoms with van der Waals surface area (Å²) < 4.78 is 5.93. The number of para-hydroxylation sites is 1. The Balaban J connectivity index is 2.47. The van der Waals surface area contributed by atoms with Gasteiger partial charge in [0.2, 0.25) is 5.91 Å². The van der Waals surface area contributed by atoms with E-state index in [1.165, 1.54) is 0 Å². The van der Waals surface area contributed by atoms with E-state index in [9.17, 15) is 4.79 Å². The molecule has 0 aromatic heterocycles. The molecule has 0 radical (unpaired) electrons. The van der Waals surface area contributed by atoms with Crippen LogP contribution in [0.15, 0.2) is 29.3 Å². The van der Waals surface area contributed by atoms with Crippen LogP contribution >= 0.6 is 0 Å². The highest BCUT2D eigenvalue weighted by Crippen LogP contribution is 2.17. The first-order chi connectivity index (χ1) is 11.6. The quantitative estimate of drug-likeness (QED) is 0.476. The maximum atomic E-state index is 11.6. The molecule has 1 rings (SSSR count). The van der Waals surface area contributed by atoms with E-state index in [0.717, 1.165) is 24.3 Å². The second-order valence-corrected chi connectivity index (χ2v) is 5.62. The number of carbonyl (C=O) groups excluding carboxylic acids is 1. The van der Waals surface area contributed by atoms with Gasteiger partial charge in [0.05, 0.1) is 6.54 Å². The smallest absolute Gasteiger partial charge is 0.241 e. The van der Waals surface area contributed by atoms with E-state index in [4.69, 9.17) is 4.74 Å². The van der Waals surface area contributed by atoms with Crippen LogP contribution in [0.4, 0.5) is 0 Å². The number of rotatable bonds is 9. The molecule has 0 bridgehead atoms. The molecule has 0 saturated heterocycles. The first-order valence-corrected chi connectivity index (χ1v) is 8.58. The molecule has 0 fully saturated rings. The van der Waals surface area contributed by atoms with Crippen LogP contribution in [0.25, 0.3) is 0 Å². The van der Waals surface area contributed by atoms with Crippen molar-refractivity contribution in [2.24, 2.45) is 4.99 Å². The number of ether oxygens (including phenoxy) is 1. The van der Waals surface area contributed by atoms with Crippen LogP contribution in [0.3, 0.4) is 0 Å². The van der Waals surface area contributed by atoms with Crippen molar-refractivity contribution in [1.82, 2.24) is 16.0 Å². The molecule has 0 saturated carbocycles. The van der Waals surface area contributed by atoms with E-state index in [0.29, 0.717) is 19.0 Å². The van der Waals surface area contributed by atoms with Gasteiger partial charge in [0.1, 0.15) is 18.4 Å². The predicted octanol–water partition coefficient (Wildman–Crippen LogP) is 1.84. The SMILES string of the molecule is CCCNC(=O)CN=C(NCC)NCC(C)Oc1ccccc1C. The third-order valence-electron chi connectivity index (χ3n) is 3.28. The van der Waals surface area contributed by atoms with Crippen molar-refractivity contribution >= 4 is 11.9 Å². The normalized spacial score (nSPS) is 12.4. The van der Waals surface area contributed by atoms with Crippen LogP contribution in [0.1, 0.15) is 32.8 Å². The summed E-state index contributed by atoms with van der Waals surface area (Å²) in [4.78, 5) is 15.9. The van der Waals surface area contributed by atoms with Gasteiger partial charge in [-0.3, -0.25) is 4.79 Å². The Morgan fingerprint density at radius 1 is 1.21 bits per heavy atom. The topological polar surface area (TPSA) is 74.8 Å². The summed E-state index contributed by atoms with van der Waals surface area (Å²) in [6.07, 6.45) is 0.894. The number of amides is 1. The van der Waals surface area contributed by atoms with Gasteiger partial charge in [-0.15, -0.1) is 0 Å². The summed E-state index contributed by atoms with van der Waals surface area (Å²) >= 11 is 0. The van der Waals surface area contributed by atoms with Gasteiger partial charge < -0.3 is 20.7 Å². The van der Waals surface area contributed by atoms with Gasteiger partial charge in [-0.05, 0) is 38.8 Å². The van der Waals surface area contributed by atoms with E-state index in [1.807, 2.05) is 52.0 Å². The summed E-state index contributed by atoms with van der Waals surface area (Å²) in [7, 11) is 0.